The summed E-state index contributed by atoms with van der Waals surface area (Å²) in [6.07, 6.45) is -0.774. The Morgan fingerprint density at radius 1 is 0.846 bits per heavy atom. The molecule has 39 heavy (non-hydrogen) atoms. The van der Waals surface area contributed by atoms with Crippen LogP contribution in [0.5, 0.6) is 5.75 Å². The third-order valence-electron chi connectivity index (χ3n) is 6.10. The number of benzene rings is 1. The predicted octanol–water partition coefficient (Wildman–Crippen LogP) is -1.02. The third-order valence-corrected chi connectivity index (χ3v) is 6.10. The Bertz CT molecular complexity index is 1030. The fraction of sp³-hybridized carbons (Fsp3) is 0.520. The van der Waals surface area contributed by atoms with Crippen LogP contribution < -0.4 is 27.4 Å². The molecule has 216 valence electrons. The Labute approximate surface area is 225 Å². The number of carboxylic acid groups (broad SMARTS) is 2. The average molecular weight is 552 g/mol. The van der Waals surface area contributed by atoms with Crippen LogP contribution in [0, 0.1) is 5.92 Å². The average Bonchev–Trinajstić information content (AvgIpc) is 2.87. The fourth-order valence-electron chi connectivity index (χ4n) is 3.53. The Morgan fingerprint density at radius 2 is 1.41 bits per heavy atom. The van der Waals surface area contributed by atoms with Crippen molar-refractivity contribution in [2.45, 2.75) is 76.5 Å². The van der Waals surface area contributed by atoms with E-state index in [1.807, 2.05) is 0 Å². The first kappa shape index (κ1) is 32.8. The van der Waals surface area contributed by atoms with E-state index in [1.54, 1.807) is 13.8 Å². The number of carbonyl (C=O) groups excluding carboxylic acids is 4. The number of carbonyl (C=O) groups is 6. The molecule has 0 radical (unpaired) electrons. The van der Waals surface area contributed by atoms with Crippen LogP contribution in [0.2, 0.25) is 0 Å². The maximum absolute atomic E-state index is 13.2. The van der Waals surface area contributed by atoms with Crippen molar-refractivity contribution in [1.29, 1.82) is 0 Å². The molecule has 0 heterocycles. The van der Waals surface area contributed by atoms with Crippen molar-refractivity contribution < 1.29 is 44.1 Å². The number of phenols is 1. The molecule has 0 aliphatic carbocycles. The van der Waals surface area contributed by atoms with Gasteiger partial charge in [0.05, 0.1) is 6.04 Å². The molecular formula is C25H37N5O9. The number of nitrogens with one attached hydrogen (secondary N) is 3. The summed E-state index contributed by atoms with van der Waals surface area (Å²) in [5, 5.41) is 35.2. The van der Waals surface area contributed by atoms with Crippen LogP contribution in [0.3, 0.4) is 0 Å². The van der Waals surface area contributed by atoms with Gasteiger partial charge in [-0.25, -0.2) is 4.79 Å². The lowest BCUT2D eigenvalue weighted by atomic mass is 9.98. The molecule has 0 aromatic heterocycles. The summed E-state index contributed by atoms with van der Waals surface area (Å²) in [4.78, 5) is 72.7. The van der Waals surface area contributed by atoms with E-state index in [9.17, 15) is 39.0 Å². The second-order valence-corrected chi connectivity index (χ2v) is 9.25. The van der Waals surface area contributed by atoms with Gasteiger partial charge in [0.2, 0.25) is 23.6 Å². The summed E-state index contributed by atoms with van der Waals surface area (Å²) in [5.41, 5.74) is 11.4. The number of primary amides is 1. The van der Waals surface area contributed by atoms with Gasteiger partial charge >= 0.3 is 11.9 Å². The van der Waals surface area contributed by atoms with Crippen LogP contribution in [-0.4, -0.2) is 75.1 Å². The zero-order valence-electron chi connectivity index (χ0n) is 21.9. The largest absolute Gasteiger partial charge is 0.508 e. The maximum Gasteiger partial charge on any atom is 0.326 e. The van der Waals surface area contributed by atoms with E-state index in [4.69, 9.17) is 16.6 Å². The third kappa shape index (κ3) is 11.8. The van der Waals surface area contributed by atoms with Crippen LogP contribution in [0.15, 0.2) is 24.3 Å². The van der Waals surface area contributed by atoms with Crippen molar-refractivity contribution in [3.63, 3.8) is 0 Å². The zero-order valence-corrected chi connectivity index (χ0v) is 21.9. The maximum atomic E-state index is 13.2. The van der Waals surface area contributed by atoms with Crippen molar-refractivity contribution in [3.8, 4) is 5.75 Å². The second kappa shape index (κ2) is 15.9. The zero-order chi connectivity index (χ0) is 29.7. The van der Waals surface area contributed by atoms with Crippen LogP contribution in [0.4, 0.5) is 0 Å². The minimum atomic E-state index is -1.36. The first-order valence-corrected chi connectivity index (χ1v) is 12.4. The van der Waals surface area contributed by atoms with E-state index in [-0.39, 0.29) is 37.9 Å². The summed E-state index contributed by atoms with van der Waals surface area (Å²) in [6, 6.07) is 0.617. The molecule has 0 fully saturated rings. The standard InChI is InChI=1S/C25H37N5O9/c1-3-13(2)21(25(38)39)30-24(37)18(12-14-4-6-15(31)7-5-14)29-23(36)17(9-10-19(27)32)28-22(35)16(26)8-11-20(33)34/h4-7,13,16-18,21,31H,3,8-12,26H2,1-2H3,(H2,27,32)(H,28,35)(H,29,36)(H,30,37)(H,33,34)(H,38,39). The highest BCUT2D eigenvalue weighted by Gasteiger charge is 2.32. The first-order valence-electron chi connectivity index (χ1n) is 12.4. The summed E-state index contributed by atoms with van der Waals surface area (Å²) in [5.74, 6) is -6.15. The van der Waals surface area contributed by atoms with Gasteiger partial charge in [-0.15, -0.1) is 0 Å². The molecule has 0 bridgehead atoms. The topological polar surface area (TPSA) is 251 Å². The van der Waals surface area contributed by atoms with Gasteiger partial charge in [-0.05, 0) is 36.5 Å². The minimum absolute atomic E-state index is 0.0278. The molecule has 0 saturated heterocycles. The monoisotopic (exact) mass is 551 g/mol. The van der Waals surface area contributed by atoms with E-state index in [1.165, 1.54) is 24.3 Å². The van der Waals surface area contributed by atoms with Gasteiger partial charge in [0.25, 0.3) is 0 Å². The van der Waals surface area contributed by atoms with E-state index in [0.29, 0.717) is 12.0 Å². The molecule has 4 amide bonds. The number of hydrogen-bond acceptors (Lipinski definition) is 8. The van der Waals surface area contributed by atoms with Crippen LogP contribution in [0.1, 0.15) is 51.5 Å². The smallest absolute Gasteiger partial charge is 0.326 e. The van der Waals surface area contributed by atoms with Crippen molar-refractivity contribution in [1.82, 2.24) is 16.0 Å². The number of phenolic OH excluding ortho intramolecular Hbond substituents is 1. The van der Waals surface area contributed by atoms with Crippen LogP contribution >= 0.6 is 0 Å². The molecule has 0 aliphatic rings. The highest BCUT2D eigenvalue weighted by molar-refractivity contribution is 5.94. The Kier molecular flexibility index (Phi) is 13.4. The molecule has 5 atom stereocenters. The van der Waals surface area contributed by atoms with Gasteiger partial charge in [0.15, 0.2) is 0 Å². The van der Waals surface area contributed by atoms with Crippen molar-refractivity contribution in [2.24, 2.45) is 17.4 Å². The molecule has 1 rings (SSSR count). The van der Waals surface area contributed by atoms with Gasteiger partial charge in [-0.2, -0.15) is 0 Å². The van der Waals surface area contributed by atoms with Crippen molar-refractivity contribution in [3.05, 3.63) is 29.8 Å². The molecule has 14 nitrogen and oxygen atoms in total. The molecule has 10 N–H and O–H groups in total. The molecule has 14 heteroatoms. The van der Waals surface area contributed by atoms with E-state index in [2.05, 4.69) is 16.0 Å². The molecule has 0 aliphatic heterocycles. The van der Waals surface area contributed by atoms with Gasteiger partial charge in [-0.3, -0.25) is 24.0 Å². The lowest BCUT2D eigenvalue weighted by Crippen LogP contribution is -2.58. The number of rotatable bonds is 17. The Morgan fingerprint density at radius 3 is 1.92 bits per heavy atom. The quantitative estimate of drug-likeness (QED) is 0.117. The predicted molar refractivity (Wildman–Crippen MR) is 138 cm³/mol. The van der Waals surface area contributed by atoms with Crippen LogP contribution in [0.25, 0.3) is 0 Å². The van der Waals surface area contributed by atoms with Gasteiger partial charge in [0.1, 0.15) is 23.9 Å². The molecular weight excluding hydrogens is 514 g/mol. The summed E-state index contributed by atoms with van der Waals surface area (Å²) >= 11 is 0. The second-order valence-electron chi connectivity index (χ2n) is 9.25. The summed E-state index contributed by atoms with van der Waals surface area (Å²) < 4.78 is 0. The molecule has 1 aromatic rings. The molecule has 0 saturated carbocycles. The number of aromatic hydroxyl groups is 1. The number of carboxylic acids is 2. The van der Waals surface area contributed by atoms with Gasteiger partial charge in [-0.1, -0.05) is 32.4 Å². The van der Waals surface area contributed by atoms with Crippen molar-refractivity contribution >= 4 is 35.6 Å². The Balaban J connectivity index is 3.19. The number of amides is 4. The van der Waals surface area contributed by atoms with Crippen LogP contribution in [-0.2, 0) is 35.2 Å². The van der Waals surface area contributed by atoms with Gasteiger partial charge in [0, 0.05) is 19.3 Å². The normalized spacial score (nSPS) is 14.6. The van der Waals surface area contributed by atoms with E-state index < -0.39 is 65.7 Å². The lowest BCUT2D eigenvalue weighted by molar-refractivity contribution is -0.144. The molecule has 0 spiro atoms. The van der Waals surface area contributed by atoms with Crippen molar-refractivity contribution in [2.75, 3.05) is 0 Å². The number of aliphatic carboxylic acids is 2. The fourth-order valence-corrected chi connectivity index (χ4v) is 3.53. The minimum Gasteiger partial charge on any atom is -0.508 e. The number of nitrogens with two attached hydrogens (primary N) is 2. The van der Waals surface area contributed by atoms with E-state index in [0.717, 1.165) is 0 Å². The highest BCUT2D eigenvalue weighted by Crippen LogP contribution is 2.13. The molecule has 1 aromatic carbocycles. The number of hydrogen-bond donors (Lipinski definition) is 8. The summed E-state index contributed by atoms with van der Waals surface area (Å²) in [6.45, 7) is 3.41. The van der Waals surface area contributed by atoms with E-state index >= 15 is 0 Å². The van der Waals surface area contributed by atoms with Gasteiger partial charge < -0.3 is 42.7 Å². The lowest BCUT2D eigenvalue weighted by Gasteiger charge is -2.26. The molecule has 5 unspecified atom stereocenters. The summed E-state index contributed by atoms with van der Waals surface area (Å²) in [7, 11) is 0. The highest BCUT2D eigenvalue weighted by atomic mass is 16.4. The Hall–Kier alpha value is -4.20. The SMILES string of the molecule is CCC(C)C(NC(=O)C(Cc1ccc(O)cc1)NC(=O)C(CCC(N)=O)NC(=O)C(N)CCC(=O)O)C(=O)O. The first-order chi connectivity index (χ1) is 18.2.